The van der Waals surface area contributed by atoms with Crippen LogP contribution in [0.1, 0.15) is 12.0 Å². The standard InChI is InChI=1S/C11H11ClF2O2/c12-4-3-11(15-5-6-16-11)9-7-8(13)1-2-10(9)14/h1-2,7H,3-6H2. The lowest BCUT2D eigenvalue weighted by molar-refractivity contribution is -0.169. The van der Waals surface area contributed by atoms with Crippen LogP contribution in [0.25, 0.3) is 0 Å². The maximum Gasteiger partial charge on any atom is 0.199 e. The van der Waals surface area contributed by atoms with E-state index in [9.17, 15) is 8.78 Å². The molecule has 2 rings (SSSR count). The molecule has 0 aliphatic carbocycles. The number of rotatable bonds is 3. The van der Waals surface area contributed by atoms with Gasteiger partial charge in [0.1, 0.15) is 11.6 Å². The van der Waals surface area contributed by atoms with Crippen LogP contribution >= 0.6 is 11.6 Å². The second kappa shape index (κ2) is 4.65. The largest absolute Gasteiger partial charge is 0.343 e. The van der Waals surface area contributed by atoms with Crippen molar-refractivity contribution in [3.8, 4) is 0 Å². The first kappa shape index (κ1) is 11.8. The quantitative estimate of drug-likeness (QED) is 0.766. The summed E-state index contributed by atoms with van der Waals surface area (Å²) in [6, 6.07) is 3.21. The Hall–Kier alpha value is -0.710. The highest BCUT2D eigenvalue weighted by Gasteiger charge is 2.40. The van der Waals surface area contributed by atoms with Gasteiger partial charge in [-0.15, -0.1) is 11.6 Å². The lowest BCUT2D eigenvalue weighted by Gasteiger charge is -2.27. The van der Waals surface area contributed by atoms with Crippen LogP contribution in [0.5, 0.6) is 0 Å². The van der Waals surface area contributed by atoms with Crippen LogP contribution in [0.15, 0.2) is 18.2 Å². The molecule has 88 valence electrons. The van der Waals surface area contributed by atoms with E-state index >= 15 is 0 Å². The maximum absolute atomic E-state index is 13.6. The zero-order valence-electron chi connectivity index (χ0n) is 8.51. The summed E-state index contributed by atoms with van der Waals surface area (Å²) in [7, 11) is 0. The van der Waals surface area contributed by atoms with Gasteiger partial charge in [-0.2, -0.15) is 0 Å². The Balaban J connectivity index is 2.42. The first-order valence-electron chi connectivity index (χ1n) is 4.97. The molecule has 1 aromatic carbocycles. The number of ether oxygens (including phenoxy) is 2. The van der Waals surface area contributed by atoms with Crippen molar-refractivity contribution in [1.82, 2.24) is 0 Å². The molecule has 0 amide bonds. The molecule has 0 unspecified atom stereocenters. The van der Waals surface area contributed by atoms with Gasteiger partial charge < -0.3 is 9.47 Å². The van der Waals surface area contributed by atoms with Crippen LogP contribution in [0.2, 0.25) is 0 Å². The van der Waals surface area contributed by atoms with Gasteiger partial charge in [-0.3, -0.25) is 0 Å². The summed E-state index contributed by atoms with van der Waals surface area (Å²) in [5.74, 6) is -2.05. The van der Waals surface area contributed by atoms with E-state index in [4.69, 9.17) is 21.1 Å². The van der Waals surface area contributed by atoms with Gasteiger partial charge in [0.15, 0.2) is 5.79 Å². The molecule has 2 nitrogen and oxygen atoms in total. The Morgan fingerprint density at radius 2 is 1.94 bits per heavy atom. The lowest BCUT2D eigenvalue weighted by atomic mass is 10.0. The highest BCUT2D eigenvalue weighted by molar-refractivity contribution is 6.17. The molecule has 1 saturated heterocycles. The summed E-state index contributed by atoms with van der Waals surface area (Å²) in [5.41, 5.74) is 0.0747. The minimum atomic E-state index is -1.23. The highest BCUT2D eigenvalue weighted by Crippen LogP contribution is 2.36. The van der Waals surface area contributed by atoms with Crippen LogP contribution in [0, 0.1) is 11.6 Å². The van der Waals surface area contributed by atoms with Gasteiger partial charge in [0.2, 0.25) is 0 Å². The third kappa shape index (κ3) is 2.05. The summed E-state index contributed by atoms with van der Waals surface area (Å²) in [4.78, 5) is 0. The molecule has 0 bridgehead atoms. The molecule has 0 radical (unpaired) electrons. The Labute approximate surface area is 97.1 Å². The van der Waals surface area contributed by atoms with Crippen molar-refractivity contribution in [3.05, 3.63) is 35.4 Å². The summed E-state index contributed by atoms with van der Waals surface area (Å²) in [5, 5.41) is 0. The average Bonchev–Trinajstić information content (AvgIpc) is 2.72. The van der Waals surface area contributed by atoms with Gasteiger partial charge in [-0.1, -0.05) is 0 Å². The number of hydrogen-bond donors (Lipinski definition) is 0. The van der Waals surface area contributed by atoms with Crippen LogP contribution in [-0.2, 0) is 15.3 Å². The predicted octanol–water partition coefficient (Wildman–Crippen LogP) is 2.79. The molecule has 1 heterocycles. The number of hydrogen-bond acceptors (Lipinski definition) is 2. The Kier molecular flexibility index (Phi) is 3.42. The molecule has 1 aromatic rings. The molecule has 0 N–H and O–H groups in total. The Bertz CT molecular complexity index is 378. The third-order valence-electron chi connectivity index (χ3n) is 2.52. The van der Waals surface area contributed by atoms with Gasteiger partial charge in [-0.05, 0) is 18.2 Å². The second-order valence-electron chi connectivity index (χ2n) is 3.51. The number of benzene rings is 1. The smallest absolute Gasteiger partial charge is 0.199 e. The molecule has 16 heavy (non-hydrogen) atoms. The van der Waals surface area contributed by atoms with E-state index in [0.29, 0.717) is 13.2 Å². The fraction of sp³-hybridized carbons (Fsp3) is 0.455. The van der Waals surface area contributed by atoms with E-state index in [0.717, 1.165) is 18.2 Å². The molecular weight excluding hydrogens is 238 g/mol. The number of alkyl halides is 1. The molecule has 0 saturated carbocycles. The Morgan fingerprint density at radius 1 is 1.25 bits per heavy atom. The minimum Gasteiger partial charge on any atom is -0.343 e. The molecule has 0 spiro atoms. The van der Waals surface area contributed by atoms with Crippen LogP contribution in [0.3, 0.4) is 0 Å². The van der Waals surface area contributed by atoms with Gasteiger partial charge >= 0.3 is 0 Å². The molecule has 0 atom stereocenters. The summed E-state index contributed by atoms with van der Waals surface area (Å²) >= 11 is 5.64. The number of halogens is 3. The van der Waals surface area contributed by atoms with Crippen molar-refractivity contribution >= 4 is 11.6 Å². The summed E-state index contributed by atoms with van der Waals surface area (Å²) in [6.07, 6.45) is 0.287. The van der Waals surface area contributed by atoms with Gasteiger partial charge in [-0.25, -0.2) is 8.78 Å². The summed E-state index contributed by atoms with van der Waals surface area (Å²) in [6.45, 7) is 0.708. The third-order valence-corrected chi connectivity index (χ3v) is 2.71. The normalized spacial score (nSPS) is 18.9. The second-order valence-corrected chi connectivity index (χ2v) is 3.89. The lowest BCUT2D eigenvalue weighted by Crippen LogP contribution is -2.29. The average molecular weight is 249 g/mol. The first-order chi connectivity index (χ1) is 7.68. The van der Waals surface area contributed by atoms with Gasteiger partial charge in [0.05, 0.1) is 13.2 Å². The molecule has 1 aliphatic heterocycles. The van der Waals surface area contributed by atoms with Crippen LogP contribution in [0.4, 0.5) is 8.78 Å². The topological polar surface area (TPSA) is 18.5 Å². The van der Waals surface area contributed by atoms with Gasteiger partial charge in [0.25, 0.3) is 0 Å². The van der Waals surface area contributed by atoms with E-state index in [2.05, 4.69) is 0 Å². The van der Waals surface area contributed by atoms with Crippen molar-refractivity contribution in [2.45, 2.75) is 12.2 Å². The SMILES string of the molecule is Fc1ccc(F)c(C2(CCCl)OCCO2)c1. The van der Waals surface area contributed by atoms with E-state index in [1.807, 2.05) is 0 Å². The molecule has 5 heteroatoms. The van der Waals surface area contributed by atoms with Crippen LogP contribution < -0.4 is 0 Å². The predicted molar refractivity (Wildman–Crippen MR) is 55.3 cm³/mol. The minimum absolute atomic E-state index is 0.0747. The van der Waals surface area contributed by atoms with Crippen molar-refractivity contribution in [2.75, 3.05) is 19.1 Å². The van der Waals surface area contributed by atoms with Crippen molar-refractivity contribution < 1.29 is 18.3 Å². The molecule has 0 aromatic heterocycles. The van der Waals surface area contributed by atoms with E-state index in [1.54, 1.807) is 0 Å². The Morgan fingerprint density at radius 3 is 2.56 bits per heavy atom. The van der Waals surface area contributed by atoms with E-state index in [-0.39, 0.29) is 17.9 Å². The van der Waals surface area contributed by atoms with E-state index in [1.165, 1.54) is 0 Å². The van der Waals surface area contributed by atoms with Crippen molar-refractivity contribution in [1.29, 1.82) is 0 Å². The maximum atomic E-state index is 13.6. The molecule has 1 aliphatic rings. The highest BCUT2D eigenvalue weighted by atomic mass is 35.5. The summed E-state index contributed by atoms with van der Waals surface area (Å²) < 4.78 is 37.5. The monoisotopic (exact) mass is 248 g/mol. The molecule has 1 fully saturated rings. The molecular formula is C11H11ClF2O2. The fourth-order valence-corrected chi connectivity index (χ4v) is 2.05. The van der Waals surface area contributed by atoms with Gasteiger partial charge in [0, 0.05) is 17.9 Å². The van der Waals surface area contributed by atoms with Crippen molar-refractivity contribution in [3.63, 3.8) is 0 Å². The van der Waals surface area contributed by atoms with Crippen LogP contribution in [-0.4, -0.2) is 19.1 Å². The fourth-order valence-electron chi connectivity index (χ4n) is 1.80. The van der Waals surface area contributed by atoms with Crippen molar-refractivity contribution in [2.24, 2.45) is 0 Å². The zero-order chi connectivity index (χ0) is 11.6. The first-order valence-corrected chi connectivity index (χ1v) is 5.51. The zero-order valence-corrected chi connectivity index (χ0v) is 9.27. The van der Waals surface area contributed by atoms with E-state index < -0.39 is 17.4 Å².